The maximum Gasteiger partial charge on any atom is 0.209 e. The molecule has 0 saturated carbocycles. The van der Waals surface area contributed by atoms with Crippen molar-refractivity contribution in [3.63, 3.8) is 0 Å². The number of hydrogen-bond acceptors (Lipinski definition) is 3. The van der Waals surface area contributed by atoms with Crippen molar-refractivity contribution >= 4 is 0 Å². The molecule has 2 rings (SSSR count). The number of H-pyrrole nitrogens is 1. The van der Waals surface area contributed by atoms with Gasteiger partial charge in [-0.25, -0.2) is 0 Å². The molecule has 0 radical (unpaired) electrons. The Labute approximate surface area is 92.3 Å². The van der Waals surface area contributed by atoms with E-state index in [0.29, 0.717) is 6.42 Å². The minimum atomic E-state index is -0.330. The molecule has 1 heterocycles. The maximum atomic E-state index is 10.2. The molecule has 1 N–H and O–H groups in total. The van der Waals surface area contributed by atoms with Gasteiger partial charge in [-0.1, -0.05) is 30.3 Å². The van der Waals surface area contributed by atoms with E-state index in [2.05, 4.69) is 10.2 Å². The van der Waals surface area contributed by atoms with Crippen molar-refractivity contribution in [1.29, 1.82) is 0 Å². The second-order valence-electron chi connectivity index (χ2n) is 3.45. The van der Waals surface area contributed by atoms with Crippen molar-refractivity contribution in [3.8, 4) is 11.3 Å². The molecule has 16 heavy (non-hydrogen) atoms. The Morgan fingerprint density at radius 2 is 2.06 bits per heavy atom. The third kappa shape index (κ3) is 2.44. The Balaban J connectivity index is 2.11. The van der Waals surface area contributed by atoms with E-state index in [1.807, 2.05) is 36.4 Å². The van der Waals surface area contributed by atoms with E-state index in [4.69, 9.17) is 0 Å². The number of hydrogen-bond donors (Lipinski definition) is 1. The Morgan fingerprint density at radius 3 is 2.75 bits per heavy atom. The Kier molecular flexibility index (Phi) is 2.95. The molecule has 1 aromatic heterocycles. The van der Waals surface area contributed by atoms with Crippen LogP contribution in [0.2, 0.25) is 0 Å². The molecule has 0 bridgehead atoms. The van der Waals surface area contributed by atoms with Gasteiger partial charge >= 0.3 is 0 Å². The zero-order valence-corrected chi connectivity index (χ0v) is 8.59. The molecule has 2 aromatic rings. The molecule has 0 aliphatic heterocycles. The summed E-state index contributed by atoms with van der Waals surface area (Å²) in [4.78, 5) is 9.89. The summed E-state index contributed by atoms with van der Waals surface area (Å²) >= 11 is 0. The second-order valence-corrected chi connectivity index (χ2v) is 3.45. The Hall–Kier alpha value is -2.17. The molecular weight excluding hydrogens is 206 g/mol. The number of aromatic amines is 1. The van der Waals surface area contributed by atoms with Crippen LogP contribution in [-0.2, 0) is 6.42 Å². The lowest BCUT2D eigenvalue weighted by Crippen LogP contribution is -2.03. The first-order chi connectivity index (χ1) is 7.75. The fourth-order valence-corrected chi connectivity index (χ4v) is 1.46. The van der Waals surface area contributed by atoms with Crippen LogP contribution in [-0.4, -0.2) is 21.7 Å². The fraction of sp³-hybridized carbons (Fsp3) is 0.182. The molecule has 5 heteroatoms. The van der Waals surface area contributed by atoms with Crippen molar-refractivity contribution in [1.82, 2.24) is 10.2 Å². The lowest BCUT2D eigenvalue weighted by Gasteiger charge is -1.92. The van der Waals surface area contributed by atoms with E-state index < -0.39 is 0 Å². The predicted molar refractivity (Wildman–Crippen MR) is 59.6 cm³/mol. The minimum absolute atomic E-state index is 0.0730. The summed E-state index contributed by atoms with van der Waals surface area (Å²) < 4.78 is 0. The van der Waals surface area contributed by atoms with E-state index in [-0.39, 0.29) is 11.5 Å². The molecule has 1 aromatic carbocycles. The van der Waals surface area contributed by atoms with Gasteiger partial charge in [0.25, 0.3) is 0 Å². The number of nitro groups is 1. The normalized spacial score (nSPS) is 10.2. The molecule has 0 fully saturated rings. The number of nitrogens with zero attached hydrogens (tertiary/aromatic N) is 2. The van der Waals surface area contributed by atoms with Crippen molar-refractivity contribution < 1.29 is 4.92 Å². The first-order valence-corrected chi connectivity index (χ1v) is 4.97. The SMILES string of the molecule is O=[N+]([O-])CCc1cc(-c2ccccc2)n[nH]1. The minimum Gasteiger partial charge on any atom is -0.282 e. The summed E-state index contributed by atoms with van der Waals surface area (Å²) in [6.45, 7) is -0.0730. The highest BCUT2D eigenvalue weighted by atomic mass is 16.6. The predicted octanol–water partition coefficient (Wildman–Crippen LogP) is 1.90. The maximum absolute atomic E-state index is 10.2. The smallest absolute Gasteiger partial charge is 0.209 e. The van der Waals surface area contributed by atoms with Crippen LogP contribution in [0.4, 0.5) is 0 Å². The van der Waals surface area contributed by atoms with Crippen LogP contribution in [0.1, 0.15) is 5.69 Å². The van der Waals surface area contributed by atoms with Gasteiger partial charge in [0.15, 0.2) is 0 Å². The fourth-order valence-electron chi connectivity index (χ4n) is 1.46. The zero-order valence-electron chi connectivity index (χ0n) is 8.59. The molecule has 0 aliphatic rings. The van der Waals surface area contributed by atoms with Gasteiger partial charge < -0.3 is 0 Å². The monoisotopic (exact) mass is 217 g/mol. The largest absolute Gasteiger partial charge is 0.282 e. The van der Waals surface area contributed by atoms with Gasteiger partial charge in [-0.2, -0.15) is 5.10 Å². The van der Waals surface area contributed by atoms with Gasteiger partial charge in [-0.3, -0.25) is 15.2 Å². The van der Waals surface area contributed by atoms with E-state index in [9.17, 15) is 10.1 Å². The van der Waals surface area contributed by atoms with Gasteiger partial charge in [0.2, 0.25) is 6.54 Å². The van der Waals surface area contributed by atoms with Crippen LogP contribution in [0, 0.1) is 10.1 Å². The number of nitrogens with one attached hydrogen (secondary N) is 1. The third-order valence-corrected chi connectivity index (χ3v) is 2.26. The first-order valence-electron chi connectivity index (χ1n) is 4.97. The number of rotatable bonds is 4. The highest BCUT2D eigenvalue weighted by molar-refractivity contribution is 5.58. The average Bonchev–Trinajstić information content (AvgIpc) is 2.76. The summed E-state index contributed by atoms with van der Waals surface area (Å²) in [5.41, 5.74) is 2.61. The van der Waals surface area contributed by atoms with Crippen molar-refractivity contribution in [2.24, 2.45) is 0 Å². The quantitative estimate of drug-likeness (QED) is 0.628. The van der Waals surface area contributed by atoms with Crippen LogP contribution in [0.15, 0.2) is 36.4 Å². The van der Waals surface area contributed by atoms with E-state index >= 15 is 0 Å². The Bertz CT molecular complexity index is 479. The zero-order chi connectivity index (χ0) is 11.4. The highest BCUT2D eigenvalue weighted by Crippen LogP contribution is 2.16. The molecule has 5 nitrogen and oxygen atoms in total. The van der Waals surface area contributed by atoms with Crippen molar-refractivity contribution in [3.05, 3.63) is 52.2 Å². The lowest BCUT2D eigenvalue weighted by molar-refractivity contribution is -0.479. The molecular formula is C11H11N3O2. The van der Waals surface area contributed by atoms with Crippen LogP contribution < -0.4 is 0 Å². The molecule has 82 valence electrons. The van der Waals surface area contributed by atoms with Gasteiger partial charge in [-0.15, -0.1) is 0 Å². The molecule has 0 spiro atoms. The van der Waals surface area contributed by atoms with Gasteiger partial charge in [0.05, 0.1) is 12.1 Å². The standard InChI is InChI=1S/C11H11N3O2/c15-14(16)7-6-10-8-11(13-12-10)9-4-2-1-3-5-9/h1-5,8H,6-7H2,(H,12,13). The highest BCUT2D eigenvalue weighted by Gasteiger charge is 2.05. The van der Waals surface area contributed by atoms with Crippen molar-refractivity contribution in [2.75, 3.05) is 6.54 Å². The van der Waals surface area contributed by atoms with E-state index in [1.165, 1.54) is 0 Å². The second kappa shape index (κ2) is 4.57. The Morgan fingerprint density at radius 1 is 1.31 bits per heavy atom. The van der Waals surface area contributed by atoms with E-state index in [1.54, 1.807) is 0 Å². The summed E-state index contributed by atoms with van der Waals surface area (Å²) in [6, 6.07) is 11.5. The molecule has 0 saturated heterocycles. The van der Waals surface area contributed by atoms with Crippen LogP contribution in [0.5, 0.6) is 0 Å². The number of benzene rings is 1. The van der Waals surface area contributed by atoms with Crippen molar-refractivity contribution in [2.45, 2.75) is 6.42 Å². The molecule has 0 atom stereocenters. The third-order valence-electron chi connectivity index (χ3n) is 2.26. The molecule has 0 aliphatic carbocycles. The molecule has 0 amide bonds. The average molecular weight is 217 g/mol. The number of aromatic nitrogens is 2. The van der Waals surface area contributed by atoms with Gasteiger partial charge in [0.1, 0.15) is 0 Å². The first kappa shape index (κ1) is 10.4. The van der Waals surface area contributed by atoms with Gasteiger partial charge in [0, 0.05) is 16.2 Å². The molecule has 0 unspecified atom stereocenters. The van der Waals surface area contributed by atoms with Crippen LogP contribution in [0.25, 0.3) is 11.3 Å². The summed E-state index contributed by atoms with van der Waals surface area (Å²) in [7, 11) is 0. The topological polar surface area (TPSA) is 71.8 Å². The van der Waals surface area contributed by atoms with Crippen LogP contribution in [0.3, 0.4) is 0 Å². The summed E-state index contributed by atoms with van der Waals surface area (Å²) in [6.07, 6.45) is 0.382. The lowest BCUT2D eigenvalue weighted by atomic mass is 10.1. The van der Waals surface area contributed by atoms with Gasteiger partial charge in [-0.05, 0) is 6.07 Å². The van der Waals surface area contributed by atoms with E-state index in [0.717, 1.165) is 17.0 Å². The summed E-state index contributed by atoms with van der Waals surface area (Å²) in [5, 5.41) is 17.1. The van der Waals surface area contributed by atoms with Crippen LogP contribution >= 0.6 is 0 Å². The summed E-state index contributed by atoms with van der Waals surface area (Å²) in [5.74, 6) is 0.